The van der Waals surface area contributed by atoms with Gasteiger partial charge < -0.3 is 23.6 Å². The van der Waals surface area contributed by atoms with Gasteiger partial charge in [-0.25, -0.2) is 0 Å². The second kappa shape index (κ2) is 6.60. The molecule has 1 aliphatic heterocycles. The summed E-state index contributed by atoms with van der Waals surface area (Å²) in [6, 6.07) is 12.7. The molecule has 0 saturated carbocycles. The molecular formula is C19H15NO5. The number of benzene rings is 1. The van der Waals surface area contributed by atoms with Crippen LogP contribution in [0.25, 0.3) is 17.6 Å². The van der Waals surface area contributed by atoms with E-state index in [0.29, 0.717) is 35.3 Å². The molecule has 0 aliphatic carbocycles. The van der Waals surface area contributed by atoms with Crippen molar-refractivity contribution in [1.82, 2.24) is 5.32 Å². The highest BCUT2D eigenvalue weighted by atomic mass is 16.7. The first-order chi connectivity index (χ1) is 12.3. The van der Waals surface area contributed by atoms with Crippen LogP contribution in [0.15, 0.2) is 63.6 Å². The minimum Gasteiger partial charge on any atom is -0.461 e. The molecule has 1 N–H and O–H groups in total. The van der Waals surface area contributed by atoms with Gasteiger partial charge in [0.25, 0.3) is 0 Å². The molecule has 0 saturated heterocycles. The first-order valence-electron chi connectivity index (χ1n) is 7.76. The molecule has 6 nitrogen and oxygen atoms in total. The van der Waals surface area contributed by atoms with Gasteiger partial charge in [-0.3, -0.25) is 4.79 Å². The lowest BCUT2D eigenvalue weighted by atomic mass is 10.2. The Morgan fingerprint density at radius 2 is 2.00 bits per heavy atom. The van der Waals surface area contributed by atoms with Crippen molar-refractivity contribution >= 4 is 12.0 Å². The number of hydrogen-bond donors (Lipinski definition) is 1. The Balaban J connectivity index is 1.33. The van der Waals surface area contributed by atoms with Gasteiger partial charge in [0, 0.05) is 6.08 Å². The van der Waals surface area contributed by atoms with Crippen LogP contribution in [0.4, 0.5) is 0 Å². The van der Waals surface area contributed by atoms with E-state index in [4.69, 9.17) is 18.3 Å². The van der Waals surface area contributed by atoms with Crippen LogP contribution in [0, 0.1) is 0 Å². The summed E-state index contributed by atoms with van der Waals surface area (Å²) >= 11 is 0. The lowest BCUT2D eigenvalue weighted by Gasteiger charge is -2.00. The van der Waals surface area contributed by atoms with Crippen LogP contribution >= 0.6 is 0 Å². The van der Waals surface area contributed by atoms with E-state index in [-0.39, 0.29) is 12.7 Å². The van der Waals surface area contributed by atoms with Crippen molar-refractivity contribution in [3.05, 3.63) is 66.1 Å². The van der Waals surface area contributed by atoms with Gasteiger partial charge in [0.05, 0.1) is 12.8 Å². The second-order valence-electron chi connectivity index (χ2n) is 5.41. The maximum absolute atomic E-state index is 11.9. The Labute approximate surface area is 143 Å². The van der Waals surface area contributed by atoms with Crippen molar-refractivity contribution in [2.24, 2.45) is 0 Å². The summed E-state index contributed by atoms with van der Waals surface area (Å²) in [6.45, 7) is 0.525. The first kappa shape index (κ1) is 15.1. The van der Waals surface area contributed by atoms with E-state index in [0.717, 1.165) is 5.56 Å². The lowest BCUT2D eigenvalue weighted by Crippen LogP contribution is -2.19. The topological polar surface area (TPSA) is 73.8 Å². The number of carbonyl (C=O) groups is 1. The molecule has 25 heavy (non-hydrogen) atoms. The van der Waals surface area contributed by atoms with Crippen LogP contribution in [-0.4, -0.2) is 12.7 Å². The van der Waals surface area contributed by atoms with Crippen molar-refractivity contribution < 1.29 is 23.1 Å². The molecule has 4 rings (SSSR count). The summed E-state index contributed by atoms with van der Waals surface area (Å²) in [5, 5.41) is 2.77. The van der Waals surface area contributed by atoms with Crippen LogP contribution in [-0.2, 0) is 11.3 Å². The number of hydrogen-bond acceptors (Lipinski definition) is 5. The zero-order chi connectivity index (χ0) is 17.1. The Hall–Kier alpha value is -3.41. The van der Waals surface area contributed by atoms with Crippen molar-refractivity contribution in [2.75, 3.05) is 6.79 Å². The summed E-state index contributed by atoms with van der Waals surface area (Å²) in [6.07, 6.45) is 4.77. The fourth-order valence-electron chi connectivity index (χ4n) is 2.45. The van der Waals surface area contributed by atoms with Gasteiger partial charge in [-0.1, -0.05) is 6.07 Å². The molecule has 3 aromatic rings. The normalized spacial score (nSPS) is 12.6. The Morgan fingerprint density at radius 1 is 1.08 bits per heavy atom. The lowest BCUT2D eigenvalue weighted by molar-refractivity contribution is -0.116. The molecule has 126 valence electrons. The Kier molecular flexibility index (Phi) is 4.00. The van der Waals surface area contributed by atoms with Gasteiger partial charge in [-0.2, -0.15) is 0 Å². The number of rotatable bonds is 5. The van der Waals surface area contributed by atoms with Crippen LogP contribution < -0.4 is 14.8 Å². The van der Waals surface area contributed by atoms with Gasteiger partial charge in [0.2, 0.25) is 12.7 Å². The Morgan fingerprint density at radius 3 is 2.88 bits per heavy atom. The molecule has 2 aromatic heterocycles. The summed E-state index contributed by atoms with van der Waals surface area (Å²) < 4.78 is 21.5. The molecule has 0 radical (unpaired) electrons. The maximum atomic E-state index is 11.9. The average molecular weight is 337 g/mol. The van der Waals surface area contributed by atoms with Crippen LogP contribution in [0.2, 0.25) is 0 Å². The third-order valence-electron chi connectivity index (χ3n) is 3.69. The number of nitrogens with one attached hydrogen (secondary N) is 1. The molecule has 1 aliphatic rings. The van der Waals surface area contributed by atoms with E-state index in [1.165, 1.54) is 6.08 Å². The van der Waals surface area contributed by atoms with Crippen LogP contribution in [0.1, 0.15) is 11.3 Å². The predicted molar refractivity (Wildman–Crippen MR) is 89.9 cm³/mol. The highest BCUT2D eigenvalue weighted by Gasteiger charge is 2.12. The van der Waals surface area contributed by atoms with Crippen LogP contribution in [0.3, 0.4) is 0 Å². The monoisotopic (exact) mass is 337 g/mol. The molecule has 6 heteroatoms. The van der Waals surface area contributed by atoms with Gasteiger partial charge >= 0.3 is 0 Å². The molecule has 0 atom stereocenters. The van der Waals surface area contributed by atoms with Gasteiger partial charge in [0.1, 0.15) is 5.76 Å². The predicted octanol–water partition coefficient (Wildman–Crippen LogP) is 3.60. The van der Waals surface area contributed by atoms with E-state index in [9.17, 15) is 4.79 Å². The molecule has 0 unspecified atom stereocenters. The maximum Gasteiger partial charge on any atom is 0.244 e. The standard InChI is InChI=1S/C19H15NO5/c21-19(8-4-13-3-6-16-18(10-13)24-12-23-16)20-11-14-5-7-17(25-14)15-2-1-9-22-15/h1-10H,11-12H2,(H,20,21)/b8-4+. The molecule has 0 fully saturated rings. The van der Waals surface area contributed by atoms with Crippen molar-refractivity contribution in [3.8, 4) is 23.0 Å². The SMILES string of the molecule is O=C(/C=C/c1ccc2c(c1)OCO2)NCc1ccc(-c2ccco2)o1. The van der Waals surface area contributed by atoms with Gasteiger partial charge in [-0.15, -0.1) is 0 Å². The molecule has 1 aromatic carbocycles. The molecule has 1 amide bonds. The zero-order valence-electron chi connectivity index (χ0n) is 13.2. The number of furan rings is 2. The molecule has 0 spiro atoms. The minimum absolute atomic E-state index is 0.214. The average Bonchev–Trinajstić information content (AvgIpc) is 3.38. The van der Waals surface area contributed by atoms with E-state index in [1.54, 1.807) is 24.5 Å². The second-order valence-corrected chi connectivity index (χ2v) is 5.41. The zero-order valence-corrected chi connectivity index (χ0v) is 13.2. The summed E-state index contributed by atoms with van der Waals surface area (Å²) in [4.78, 5) is 11.9. The highest BCUT2D eigenvalue weighted by Crippen LogP contribution is 2.32. The first-order valence-corrected chi connectivity index (χ1v) is 7.76. The van der Waals surface area contributed by atoms with Gasteiger partial charge in [0.15, 0.2) is 23.0 Å². The van der Waals surface area contributed by atoms with Crippen LogP contribution in [0.5, 0.6) is 11.5 Å². The van der Waals surface area contributed by atoms with E-state index in [2.05, 4.69) is 5.32 Å². The number of carbonyl (C=O) groups excluding carboxylic acids is 1. The fourth-order valence-corrected chi connectivity index (χ4v) is 2.45. The van der Waals surface area contributed by atoms with Crippen molar-refractivity contribution in [3.63, 3.8) is 0 Å². The highest BCUT2D eigenvalue weighted by molar-refractivity contribution is 5.91. The molecular weight excluding hydrogens is 322 g/mol. The minimum atomic E-state index is -0.214. The quantitative estimate of drug-likeness (QED) is 0.720. The smallest absolute Gasteiger partial charge is 0.244 e. The number of amides is 1. The molecule has 3 heterocycles. The molecule has 0 bridgehead atoms. The third-order valence-corrected chi connectivity index (χ3v) is 3.69. The fraction of sp³-hybridized carbons (Fsp3) is 0.105. The Bertz CT molecular complexity index is 908. The summed E-state index contributed by atoms with van der Waals surface area (Å²) in [5.41, 5.74) is 0.859. The largest absolute Gasteiger partial charge is 0.461 e. The number of ether oxygens (including phenoxy) is 2. The van der Waals surface area contributed by atoms with Gasteiger partial charge in [-0.05, 0) is 48.0 Å². The summed E-state index contributed by atoms with van der Waals surface area (Å²) in [7, 11) is 0. The van der Waals surface area contributed by atoms with Crippen molar-refractivity contribution in [2.45, 2.75) is 6.54 Å². The van der Waals surface area contributed by atoms with E-state index in [1.807, 2.05) is 30.3 Å². The third kappa shape index (κ3) is 3.42. The van der Waals surface area contributed by atoms with E-state index >= 15 is 0 Å². The van der Waals surface area contributed by atoms with E-state index < -0.39 is 0 Å². The van der Waals surface area contributed by atoms with Crippen molar-refractivity contribution in [1.29, 1.82) is 0 Å². The summed E-state index contributed by atoms with van der Waals surface area (Å²) in [5.74, 6) is 3.12. The number of fused-ring (bicyclic) bond motifs is 1.